The predicted molar refractivity (Wildman–Crippen MR) is 78.2 cm³/mol. The van der Waals surface area contributed by atoms with Crippen LogP contribution in [0.2, 0.25) is 5.02 Å². The molecule has 0 aliphatic carbocycles. The monoisotopic (exact) mass is 305 g/mol. The lowest BCUT2D eigenvalue weighted by Gasteiger charge is -2.11. The normalized spacial score (nSPS) is 12.7. The summed E-state index contributed by atoms with van der Waals surface area (Å²) in [6.07, 6.45) is 0. The molecule has 0 bridgehead atoms. The fraction of sp³-hybridized carbons (Fsp3) is 0.133. The van der Waals surface area contributed by atoms with Crippen LogP contribution in [0, 0.1) is 18.3 Å². The van der Waals surface area contributed by atoms with Crippen molar-refractivity contribution in [3.63, 3.8) is 0 Å². The fourth-order valence-electron chi connectivity index (χ4n) is 1.82. The molecule has 0 saturated carbocycles. The molecule has 2 aromatic rings. The maximum absolute atomic E-state index is 12.5. The van der Waals surface area contributed by atoms with Gasteiger partial charge in [-0.25, -0.2) is 8.42 Å². The Balaban J connectivity index is 2.48. The number of aryl methyl sites for hydroxylation is 1. The second-order valence-electron chi connectivity index (χ2n) is 4.42. The molecular weight excluding hydrogens is 294 g/mol. The number of hydrogen-bond acceptors (Lipinski definition) is 3. The van der Waals surface area contributed by atoms with E-state index in [1.54, 1.807) is 36.4 Å². The molecule has 0 spiro atoms. The quantitative estimate of drug-likeness (QED) is 0.869. The van der Waals surface area contributed by atoms with Gasteiger partial charge in [-0.1, -0.05) is 41.4 Å². The summed E-state index contributed by atoms with van der Waals surface area (Å²) in [5.74, 6) is 0. The van der Waals surface area contributed by atoms with Crippen molar-refractivity contribution < 1.29 is 8.42 Å². The lowest BCUT2D eigenvalue weighted by atomic mass is 10.2. The molecule has 102 valence electrons. The van der Waals surface area contributed by atoms with Crippen LogP contribution >= 0.6 is 11.6 Å². The number of halogens is 1. The van der Waals surface area contributed by atoms with E-state index in [2.05, 4.69) is 0 Å². The molecule has 1 unspecified atom stereocenters. The van der Waals surface area contributed by atoms with Gasteiger partial charge in [-0.05, 0) is 36.8 Å². The Kier molecular flexibility index (Phi) is 4.12. The van der Waals surface area contributed by atoms with Crippen LogP contribution in [-0.4, -0.2) is 8.42 Å². The maximum atomic E-state index is 12.5. The maximum Gasteiger partial charge on any atom is 0.198 e. The Hall–Kier alpha value is -1.83. The molecule has 0 radical (unpaired) electrons. The Labute approximate surface area is 123 Å². The summed E-state index contributed by atoms with van der Waals surface area (Å²) in [5, 5.41) is 8.50. The van der Waals surface area contributed by atoms with Gasteiger partial charge in [-0.2, -0.15) is 5.26 Å². The second-order valence-corrected chi connectivity index (χ2v) is 6.89. The lowest BCUT2D eigenvalue weighted by Crippen LogP contribution is -2.12. The average Bonchev–Trinajstić information content (AvgIpc) is 2.42. The molecule has 0 aliphatic rings. The molecule has 20 heavy (non-hydrogen) atoms. The molecule has 3 nitrogen and oxygen atoms in total. The highest BCUT2D eigenvalue weighted by atomic mass is 35.5. The van der Waals surface area contributed by atoms with Crippen molar-refractivity contribution in [1.29, 1.82) is 5.26 Å². The average molecular weight is 306 g/mol. The number of sulfone groups is 1. The summed E-state index contributed by atoms with van der Waals surface area (Å²) in [5.41, 5.74) is 1.38. The highest BCUT2D eigenvalue weighted by Gasteiger charge is 2.28. The van der Waals surface area contributed by atoms with Crippen LogP contribution in [-0.2, 0) is 9.84 Å². The third kappa shape index (κ3) is 2.84. The highest BCUT2D eigenvalue weighted by molar-refractivity contribution is 7.92. The summed E-state index contributed by atoms with van der Waals surface area (Å²) < 4.78 is 25.0. The number of hydrogen-bond donors (Lipinski definition) is 0. The Morgan fingerprint density at radius 2 is 1.60 bits per heavy atom. The zero-order valence-electron chi connectivity index (χ0n) is 10.7. The van der Waals surface area contributed by atoms with Crippen LogP contribution < -0.4 is 0 Å². The number of nitriles is 1. The summed E-state index contributed by atoms with van der Waals surface area (Å²) in [6, 6.07) is 14.6. The highest BCUT2D eigenvalue weighted by Crippen LogP contribution is 2.29. The van der Waals surface area contributed by atoms with Crippen LogP contribution in [0.4, 0.5) is 0 Å². The second kappa shape index (κ2) is 5.66. The molecule has 0 aliphatic heterocycles. The first kappa shape index (κ1) is 14.6. The van der Waals surface area contributed by atoms with Gasteiger partial charge in [0, 0.05) is 5.02 Å². The van der Waals surface area contributed by atoms with Gasteiger partial charge in [-0.15, -0.1) is 0 Å². The Bertz CT molecular complexity index is 744. The van der Waals surface area contributed by atoms with Gasteiger partial charge < -0.3 is 0 Å². The van der Waals surface area contributed by atoms with E-state index in [-0.39, 0.29) is 4.90 Å². The lowest BCUT2D eigenvalue weighted by molar-refractivity contribution is 0.591. The van der Waals surface area contributed by atoms with E-state index in [4.69, 9.17) is 11.6 Å². The largest absolute Gasteiger partial charge is 0.222 e. The molecule has 0 aromatic heterocycles. The molecule has 0 N–H and O–H groups in total. The van der Waals surface area contributed by atoms with Crippen molar-refractivity contribution in [3.8, 4) is 6.07 Å². The van der Waals surface area contributed by atoms with Gasteiger partial charge in [0.25, 0.3) is 0 Å². The third-order valence-electron chi connectivity index (χ3n) is 2.95. The zero-order valence-corrected chi connectivity index (χ0v) is 12.3. The minimum Gasteiger partial charge on any atom is -0.222 e. The van der Waals surface area contributed by atoms with E-state index >= 15 is 0 Å². The van der Waals surface area contributed by atoms with Gasteiger partial charge in [0.2, 0.25) is 0 Å². The Morgan fingerprint density at radius 3 is 2.10 bits per heavy atom. The van der Waals surface area contributed by atoms with Crippen molar-refractivity contribution in [1.82, 2.24) is 0 Å². The van der Waals surface area contributed by atoms with Gasteiger partial charge >= 0.3 is 0 Å². The van der Waals surface area contributed by atoms with E-state index in [0.29, 0.717) is 10.6 Å². The van der Waals surface area contributed by atoms with E-state index in [0.717, 1.165) is 5.56 Å². The van der Waals surface area contributed by atoms with Crippen LogP contribution in [0.5, 0.6) is 0 Å². The minimum atomic E-state index is -3.74. The van der Waals surface area contributed by atoms with Gasteiger partial charge in [0.05, 0.1) is 11.0 Å². The van der Waals surface area contributed by atoms with Crippen molar-refractivity contribution in [3.05, 3.63) is 64.7 Å². The molecule has 1 atom stereocenters. The molecule has 2 rings (SSSR count). The third-order valence-corrected chi connectivity index (χ3v) is 5.13. The summed E-state index contributed by atoms with van der Waals surface area (Å²) in [6.45, 7) is 1.87. The molecule has 0 fully saturated rings. The van der Waals surface area contributed by atoms with Crippen molar-refractivity contribution in [2.45, 2.75) is 17.1 Å². The summed E-state index contributed by atoms with van der Waals surface area (Å²) in [4.78, 5) is 0.143. The first-order chi connectivity index (χ1) is 9.45. The van der Waals surface area contributed by atoms with Crippen LogP contribution in [0.3, 0.4) is 0 Å². The predicted octanol–water partition coefficient (Wildman–Crippen LogP) is 3.69. The topological polar surface area (TPSA) is 57.9 Å². The molecule has 2 aromatic carbocycles. The van der Waals surface area contributed by atoms with E-state index in [1.165, 1.54) is 12.1 Å². The van der Waals surface area contributed by atoms with E-state index < -0.39 is 15.1 Å². The van der Waals surface area contributed by atoms with Crippen molar-refractivity contribution in [2.75, 3.05) is 0 Å². The molecule has 0 saturated heterocycles. The van der Waals surface area contributed by atoms with Crippen LogP contribution in [0.1, 0.15) is 16.4 Å². The summed E-state index contributed by atoms with van der Waals surface area (Å²) >= 11 is 5.78. The first-order valence-electron chi connectivity index (χ1n) is 5.91. The molecular formula is C15H12ClNO2S. The standard InChI is InChI=1S/C15H12ClNO2S/c1-11-2-8-14(9-3-11)20(18,19)15(10-17)12-4-6-13(16)7-5-12/h2-9,15H,1H3. The van der Waals surface area contributed by atoms with Gasteiger partial charge in [0.1, 0.15) is 0 Å². The van der Waals surface area contributed by atoms with Gasteiger partial charge in [0.15, 0.2) is 15.1 Å². The number of rotatable bonds is 3. The molecule has 5 heteroatoms. The first-order valence-corrected chi connectivity index (χ1v) is 7.83. The smallest absolute Gasteiger partial charge is 0.198 e. The van der Waals surface area contributed by atoms with E-state index in [1.807, 2.05) is 13.0 Å². The van der Waals surface area contributed by atoms with E-state index in [9.17, 15) is 13.7 Å². The van der Waals surface area contributed by atoms with Crippen molar-refractivity contribution >= 4 is 21.4 Å². The molecule has 0 amide bonds. The SMILES string of the molecule is Cc1ccc(S(=O)(=O)C(C#N)c2ccc(Cl)cc2)cc1. The fourth-order valence-corrected chi connectivity index (χ4v) is 3.39. The number of nitrogens with zero attached hydrogens (tertiary/aromatic N) is 1. The zero-order chi connectivity index (χ0) is 14.8. The summed E-state index contributed by atoms with van der Waals surface area (Å²) in [7, 11) is -3.74. The number of benzene rings is 2. The van der Waals surface area contributed by atoms with Crippen LogP contribution in [0.25, 0.3) is 0 Å². The Morgan fingerprint density at radius 1 is 1.05 bits per heavy atom. The van der Waals surface area contributed by atoms with Gasteiger partial charge in [-0.3, -0.25) is 0 Å². The molecule has 0 heterocycles. The minimum absolute atomic E-state index is 0.143. The van der Waals surface area contributed by atoms with Crippen molar-refractivity contribution in [2.24, 2.45) is 0 Å². The van der Waals surface area contributed by atoms with Crippen LogP contribution in [0.15, 0.2) is 53.4 Å².